The lowest BCUT2D eigenvalue weighted by Crippen LogP contribution is -2.30. The standard InChI is InChI=1S/C24H19FN2O3/c1-27(13-15-6-2-5-9-21(15)25)14-22(28)26-16-10-11-19-20(12-16)24(30)18-8-4-3-7-17(18)23(19)29/h2-12H,13-14H2,1H3,(H,26,28). The van der Waals surface area contributed by atoms with Crippen LogP contribution in [0.25, 0.3) is 0 Å². The number of nitrogens with one attached hydrogen (secondary N) is 1. The average molecular weight is 402 g/mol. The Morgan fingerprint density at radius 1 is 0.867 bits per heavy atom. The first-order valence-electron chi connectivity index (χ1n) is 9.48. The van der Waals surface area contributed by atoms with Crippen LogP contribution in [0.1, 0.15) is 37.4 Å². The first-order valence-corrected chi connectivity index (χ1v) is 9.48. The summed E-state index contributed by atoms with van der Waals surface area (Å²) in [7, 11) is 1.72. The number of amides is 1. The minimum Gasteiger partial charge on any atom is -0.325 e. The van der Waals surface area contributed by atoms with Gasteiger partial charge in [-0.2, -0.15) is 0 Å². The molecular formula is C24H19FN2O3. The number of benzene rings is 3. The minimum absolute atomic E-state index is 0.0428. The summed E-state index contributed by atoms with van der Waals surface area (Å²) in [6.07, 6.45) is 0. The quantitative estimate of drug-likeness (QED) is 0.553. The molecular weight excluding hydrogens is 383 g/mol. The van der Waals surface area contributed by atoms with Crippen LogP contribution in [0.3, 0.4) is 0 Å². The predicted octanol–water partition coefficient (Wildman–Crippen LogP) is 3.67. The van der Waals surface area contributed by atoms with Crippen LogP contribution in [0.2, 0.25) is 0 Å². The topological polar surface area (TPSA) is 66.5 Å². The number of likely N-dealkylation sites (N-methyl/N-ethyl adjacent to an activating group) is 1. The van der Waals surface area contributed by atoms with Gasteiger partial charge in [0.15, 0.2) is 11.6 Å². The van der Waals surface area contributed by atoms with Gasteiger partial charge < -0.3 is 5.32 Å². The average Bonchev–Trinajstić information content (AvgIpc) is 2.73. The van der Waals surface area contributed by atoms with E-state index in [2.05, 4.69) is 5.32 Å². The van der Waals surface area contributed by atoms with E-state index in [-0.39, 0.29) is 41.9 Å². The summed E-state index contributed by atoms with van der Waals surface area (Å²) in [5.74, 6) is -1.07. The van der Waals surface area contributed by atoms with E-state index in [1.165, 1.54) is 12.1 Å². The van der Waals surface area contributed by atoms with Crippen LogP contribution in [-0.4, -0.2) is 36.0 Å². The maximum absolute atomic E-state index is 13.8. The van der Waals surface area contributed by atoms with Crippen molar-refractivity contribution in [3.63, 3.8) is 0 Å². The number of halogens is 1. The fourth-order valence-corrected chi connectivity index (χ4v) is 3.60. The van der Waals surface area contributed by atoms with Gasteiger partial charge in [-0.1, -0.05) is 42.5 Å². The molecule has 0 radical (unpaired) electrons. The smallest absolute Gasteiger partial charge is 0.238 e. The zero-order valence-corrected chi connectivity index (χ0v) is 16.3. The van der Waals surface area contributed by atoms with Gasteiger partial charge in [0.25, 0.3) is 0 Å². The summed E-state index contributed by atoms with van der Waals surface area (Å²) in [4.78, 5) is 39.6. The number of fused-ring (bicyclic) bond motifs is 2. The summed E-state index contributed by atoms with van der Waals surface area (Å²) >= 11 is 0. The Kier molecular flexibility index (Phi) is 5.25. The largest absolute Gasteiger partial charge is 0.325 e. The zero-order chi connectivity index (χ0) is 21.3. The molecule has 0 saturated heterocycles. The molecule has 1 amide bonds. The molecule has 0 heterocycles. The lowest BCUT2D eigenvalue weighted by molar-refractivity contribution is -0.117. The maximum Gasteiger partial charge on any atom is 0.238 e. The van der Waals surface area contributed by atoms with Gasteiger partial charge in [-0.25, -0.2) is 4.39 Å². The number of anilines is 1. The molecule has 30 heavy (non-hydrogen) atoms. The van der Waals surface area contributed by atoms with Crippen LogP contribution in [0.4, 0.5) is 10.1 Å². The summed E-state index contributed by atoms with van der Waals surface area (Å²) < 4.78 is 13.8. The highest BCUT2D eigenvalue weighted by Crippen LogP contribution is 2.29. The molecule has 4 rings (SSSR count). The predicted molar refractivity (Wildman–Crippen MR) is 111 cm³/mol. The van der Waals surface area contributed by atoms with Crippen LogP contribution in [-0.2, 0) is 11.3 Å². The van der Waals surface area contributed by atoms with E-state index in [0.29, 0.717) is 27.9 Å². The van der Waals surface area contributed by atoms with Gasteiger partial charge in [0.1, 0.15) is 5.82 Å². The van der Waals surface area contributed by atoms with Gasteiger partial charge in [0.05, 0.1) is 6.54 Å². The van der Waals surface area contributed by atoms with Crippen molar-refractivity contribution in [1.29, 1.82) is 0 Å². The Balaban J connectivity index is 1.47. The van der Waals surface area contributed by atoms with Crippen LogP contribution < -0.4 is 5.32 Å². The van der Waals surface area contributed by atoms with Crippen LogP contribution >= 0.6 is 0 Å². The minimum atomic E-state index is -0.317. The van der Waals surface area contributed by atoms with E-state index in [1.54, 1.807) is 66.5 Å². The summed E-state index contributed by atoms with van der Waals surface area (Å²) in [5.41, 5.74) is 2.29. The molecule has 0 atom stereocenters. The molecule has 0 aromatic heterocycles. The normalized spacial score (nSPS) is 12.5. The third-order valence-electron chi connectivity index (χ3n) is 5.02. The van der Waals surface area contributed by atoms with Crippen LogP contribution in [0.15, 0.2) is 66.7 Å². The Bertz CT molecular complexity index is 1170. The Labute approximate surface area is 173 Å². The number of hydrogen-bond donors (Lipinski definition) is 1. The second kappa shape index (κ2) is 8.00. The van der Waals surface area contributed by atoms with E-state index in [4.69, 9.17) is 0 Å². The second-order valence-corrected chi connectivity index (χ2v) is 7.28. The molecule has 0 spiro atoms. The molecule has 3 aromatic carbocycles. The number of ketones is 2. The van der Waals surface area contributed by atoms with Crippen molar-refractivity contribution < 1.29 is 18.8 Å². The van der Waals surface area contributed by atoms with Crippen molar-refractivity contribution >= 4 is 23.2 Å². The molecule has 6 heteroatoms. The van der Waals surface area contributed by atoms with Gasteiger partial charge in [0, 0.05) is 40.0 Å². The van der Waals surface area contributed by atoms with Gasteiger partial charge in [-0.15, -0.1) is 0 Å². The van der Waals surface area contributed by atoms with E-state index >= 15 is 0 Å². The van der Waals surface area contributed by atoms with E-state index in [0.717, 1.165) is 0 Å². The molecule has 0 unspecified atom stereocenters. The lowest BCUT2D eigenvalue weighted by atomic mass is 9.84. The Morgan fingerprint density at radius 3 is 2.17 bits per heavy atom. The van der Waals surface area contributed by atoms with Gasteiger partial charge >= 0.3 is 0 Å². The molecule has 1 aliphatic carbocycles. The van der Waals surface area contributed by atoms with Gasteiger partial charge in [0.2, 0.25) is 5.91 Å². The van der Waals surface area contributed by atoms with E-state index in [9.17, 15) is 18.8 Å². The maximum atomic E-state index is 13.8. The number of rotatable bonds is 5. The fourth-order valence-electron chi connectivity index (χ4n) is 3.60. The molecule has 1 aliphatic rings. The first-order chi connectivity index (χ1) is 14.4. The summed E-state index contributed by atoms with van der Waals surface area (Å²) in [6.45, 7) is 0.329. The van der Waals surface area contributed by atoms with Crippen LogP contribution in [0, 0.1) is 5.82 Å². The highest BCUT2D eigenvalue weighted by atomic mass is 19.1. The van der Waals surface area contributed by atoms with Gasteiger partial charge in [-0.3, -0.25) is 19.3 Å². The first kappa shape index (κ1) is 19.7. The molecule has 0 saturated carbocycles. The second-order valence-electron chi connectivity index (χ2n) is 7.28. The molecule has 0 aliphatic heterocycles. The molecule has 5 nitrogen and oxygen atoms in total. The van der Waals surface area contributed by atoms with Gasteiger partial charge in [-0.05, 0) is 31.3 Å². The van der Waals surface area contributed by atoms with E-state index in [1.807, 2.05) is 0 Å². The fraction of sp³-hybridized carbons (Fsp3) is 0.125. The lowest BCUT2D eigenvalue weighted by Gasteiger charge is -2.19. The molecule has 150 valence electrons. The number of hydrogen-bond acceptors (Lipinski definition) is 4. The van der Waals surface area contributed by atoms with E-state index < -0.39 is 0 Å². The number of nitrogens with zero attached hydrogens (tertiary/aromatic N) is 1. The molecule has 0 fully saturated rings. The molecule has 1 N–H and O–H groups in total. The Morgan fingerprint density at radius 2 is 1.47 bits per heavy atom. The van der Waals surface area contributed by atoms with Crippen molar-refractivity contribution in [1.82, 2.24) is 4.90 Å². The van der Waals surface area contributed by atoms with Crippen molar-refractivity contribution in [3.05, 3.63) is 100 Å². The number of carbonyl (C=O) groups excluding carboxylic acids is 3. The zero-order valence-electron chi connectivity index (χ0n) is 16.3. The summed E-state index contributed by atoms with van der Waals surface area (Å²) in [6, 6.07) is 17.8. The molecule has 3 aromatic rings. The third kappa shape index (κ3) is 3.77. The SMILES string of the molecule is CN(CC(=O)Nc1ccc2c(c1)C(=O)c1ccccc1C2=O)Cc1ccccc1F. The molecule has 0 bridgehead atoms. The highest BCUT2D eigenvalue weighted by molar-refractivity contribution is 6.28. The monoisotopic (exact) mass is 402 g/mol. The van der Waals surface area contributed by atoms with Crippen LogP contribution in [0.5, 0.6) is 0 Å². The van der Waals surface area contributed by atoms with Crippen molar-refractivity contribution in [2.45, 2.75) is 6.54 Å². The third-order valence-corrected chi connectivity index (χ3v) is 5.02. The highest BCUT2D eigenvalue weighted by Gasteiger charge is 2.29. The number of carbonyl (C=O) groups is 3. The van der Waals surface area contributed by atoms with Crippen molar-refractivity contribution in [2.75, 3.05) is 18.9 Å². The summed E-state index contributed by atoms with van der Waals surface area (Å²) in [5, 5.41) is 2.74. The van der Waals surface area contributed by atoms with Crippen molar-refractivity contribution in [2.24, 2.45) is 0 Å². The Hall–Kier alpha value is -3.64. The van der Waals surface area contributed by atoms with Crippen molar-refractivity contribution in [3.8, 4) is 0 Å².